The molecular formula is C14H18ClF3N2O2. The summed E-state index contributed by atoms with van der Waals surface area (Å²) in [5, 5.41) is 0. The third-order valence-electron chi connectivity index (χ3n) is 3.48. The van der Waals surface area contributed by atoms with E-state index in [4.69, 9.17) is 10.5 Å². The van der Waals surface area contributed by atoms with Crippen molar-refractivity contribution in [1.29, 1.82) is 0 Å². The van der Waals surface area contributed by atoms with Crippen LogP contribution in [0.25, 0.3) is 0 Å². The smallest absolute Gasteiger partial charge is 0.367 e. The van der Waals surface area contributed by atoms with E-state index in [0.717, 1.165) is 10.5 Å². The first kappa shape index (κ1) is 18.7. The highest BCUT2D eigenvalue weighted by molar-refractivity contribution is 5.85. The summed E-state index contributed by atoms with van der Waals surface area (Å²) in [6.45, 7) is -0.475. The monoisotopic (exact) mass is 338 g/mol. The van der Waals surface area contributed by atoms with E-state index in [9.17, 15) is 18.0 Å². The number of rotatable bonds is 4. The van der Waals surface area contributed by atoms with Gasteiger partial charge < -0.3 is 15.4 Å². The highest BCUT2D eigenvalue weighted by atomic mass is 35.5. The predicted octanol–water partition coefficient (Wildman–Crippen LogP) is 1.97. The molecule has 0 radical (unpaired) electrons. The number of carbonyl (C=O) groups excluding carboxylic acids is 1. The highest BCUT2D eigenvalue weighted by Crippen LogP contribution is 2.32. The van der Waals surface area contributed by atoms with Gasteiger partial charge in [0.05, 0.1) is 12.5 Å². The molecule has 22 heavy (non-hydrogen) atoms. The molecule has 4 nitrogen and oxygen atoms in total. The second-order valence-corrected chi connectivity index (χ2v) is 5.09. The maximum Gasteiger partial charge on any atom is 0.395 e. The van der Waals surface area contributed by atoms with Crippen molar-refractivity contribution >= 4 is 18.3 Å². The molecule has 1 amide bonds. The topological polar surface area (TPSA) is 55.6 Å². The first-order valence-corrected chi connectivity index (χ1v) is 6.59. The summed E-state index contributed by atoms with van der Waals surface area (Å²) >= 11 is 0. The van der Waals surface area contributed by atoms with E-state index in [-0.39, 0.29) is 32.2 Å². The lowest BCUT2D eigenvalue weighted by molar-refractivity contribution is -0.174. The van der Waals surface area contributed by atoms with E-state index in [1.807, 2.05) is 30.3 Å². The summed E-state index contributed by atoms with van der Waals surface area (Å²) in [5.74, 6) is -2.12. The number of nitrogens with two attached hydrogens (primary N) is 1. The molecule has 1 aliphatic heterocycles. The van der Waals surface area contributed by atoms with Crippen LogP contribution in [0.4, 0.5) is 13.2 Å². The molecule has 2 rings (SSSR count). The standard InChI is InChI=1S/C14H17F3N2O2.ClH/c15-14(16,17)11-6-19(7-12(11)18)13(20)9-21-8-10-4-2-1-3-5-10;/h1-5,11-12H,6-9,18H2;1H/t11-,12-;/m1./s1. The Hall–Kier alpha value is -1.31. The van der Waals surface area contributed by atoms with Crippen LogP contribution in [0.15, 0.2) is 30.3 Å². The Morgan fingerprint density at radius 3 is 2.45 bits per heavy atom. The highest BCUT2D eigenvalue weighted by Gasteiger charge is 2.49. The van der Waals surface area contributed by atoms with Crippen molar-refractivity contribution in [3.05, 3.63) is 35.9 Å². The van der Waals surface area contributed by atoms with Gasteiger partial charge in [0, 0.05) is 19.1 Å². The minimum atomic E-state index is -4.38. The minimum absolute atomic E-state index is 0. The fourth-order valence-corrected chi connectivity index (χ4v) is 2.30. The van der Waals surface area contributed by atoms with Crippen LogP contribution in [0.3, 0.4) is 0 Å². The fraction of sp³-hybridized carbons (Fsp3) is 0.500. The van der Waals surface area contributed by atoms with Crippen LogP contribution in [0, 0.1) is 5.92 Å². The van der Waals surface area contributed by atoms with Gasteiger partial charge in [-0.15, -0.1) is 12.4 Å². The Kier molecular flexibility index (Phi) is 6.65. The summed E-state index contributed by atoms with van der Waals surface area (Å²) < 4.78 is 43.3. The van der Waals surface area contributed by atoms with E-state index < -0.39 is 30.6 Å². The van der Waals surface area contributed by atoms with Crippen LogP contribution in [-0.4, -0.2) is 42.7 Å². The average Bonchev–Trinajstić information content (AvgIpc) is 2.82. The number of benzene rings is 1. The summed E-state index contributed by atoms with van der Waals surface area (Å²) in [7, 11) is 0. The summed E-state index contributed by atoms with van der Waals surface area (Å²) in [6, 6.07) is 8.16. The molecule has 1 heterocycles. The van der Waals surface area contributed by atoms with E-state index >= 15 is 0 Å². The molecule has 1 aliphatic rings. The van der Waals surface area contributed by atoms with E-state index in [1.165, 1.54) is 0 Å². The summed E-state index contributed by atoms with van der Waals surface area (Å²) in [5.41, 5.74) is 6.36. The van der Waals surface area contributed by atoms with Crippen molar-refractivity contribution < 1.29 is 22.7 Å². The SMILES string of the molecule is Cl.N[C@@H]1CN(C(=O)COCc2ccccc2)C[C@H]1C(F)(F)F. The second kappa shape index (κ2) is 7.80. The van der Waals surface area contributed by atoms with Gasteiger partial charge in [0.2, 0.25) is 5.91 Å². The molecular weight excluding hydrogens is 321 g/mol. The van der Waals surface area contributed by atoms with Gasteiger partial charge in [-0.05, 0) is 5.56 Å². The van der Waals surface area contributed by atoms with Crippen LogP contribution in [0.2, 0.25) is 0 Å². The lowest BCUT2D eigenvalue weighted by Crippen LogP contribution is -2.38. The van der Waals surface area contributed by atoms with Crippen LogP contribution in [0.5, 0.6) is 0 Å². The van der Waals surface area contributed by atoms with Gasteiger partial charge in [0.25, 0.3) is 0 Å². The van der Waals surface area contributed by atoms with Gasteiger partial charge in [0.1, 0.15) is 6.61 Å². The van der Waals surface area contributed by atoms with Crippen molar-refractivity contribution in [2.24, 2.45) is 11.7 Å². The number of hydrogen-bond acceptors (Lipinski definition) is 3. The molecule has 1 aromatic rings. The van der Waals surface area contributed by atoms with Crippen LogP contribution in [0.1, 0.15) is 5.56 Å². The van der Waals surface area contributed by atoms with Crippen molar-refractivity contribution in [3.8, 4) is 0 Å². The van der Waals surface area contributed by atoms with Crippen molar-refractivity contribution in [2.75, 3.05) is 19.7 Å². The molecule has 0 bridgehead atoms. The Labute approximate surface area is 132 Å². The number of alkyl halides is 3. The Morgan fingerprint density at radius 1 is 1.27 bits per heavy atom. The van der Waals surface area contributed by atoms with Gasteiger partial charge in [-0.25, -0.2) is 0 Å². The maximum atomic E-state index is 12.7. The number of halogens is 4. The van der Waals surface area contributed by atoms with E-state index in [2.05, 4.69) is 0 Å². The zero-order valence-electron chi connectivity index (χ0n) is 11.8. The number of nitrogens with zero attached hydrogens (tertiary/aromatic N) is 1. The molecule has 1 saturated heterocycles. The van der Waals surface area contributed by atoms with Crippen molar-refractivity contribution in [1.82, 2.24) is 4.90 Å². The number of likely N-dealkylation sites (tertiary alicyclic amines) is 1. The molecule has 0 aromatic heterocycles. The van der Waals surface area contributed by atoms with Crippen molar-refractivity contribution in [2.45, 2.75) is 18.8 Å². The fourth-order valence-electron chi connectivity index (χ4n) is 2.30. The molecule has 1 fully saturated rings. The van der Waals surface area contributed by atoms with Crippen LogP contribution >= 0.6 is 12.4 Å². The largest absolute Gasteiger partial charge is 0.395 e. The van der Waals surface area contributed by atoms with Crippen LogP contribution < -0.4 is 5.73 Å². The maximum absolute atomic E-state index is 12.7. The van der Waals surface area contributed by atoms with Crippen LogP contribution in [-0.2, 0) is 16.1 Å². The number of carbonyl (C=O) groups is 1. The predicted molar refractivity (Wildman–Crippen MR) is 77.4 cm³/mol. The number of amides is 1. The third kappa shape index (κ3) is 4.86. The van der Waals surface area contributed by atoms with Crippen molar-refractivity contribution in [3.63, 3.8) is 0 Å². The molecule has 8 heteroatoms. The zero-order valence-corrected chi connectivity index (χ0v) is 12.6. The normalized spacial score (nSPS) is 21.5. The minimum Gasteiger partial charge on any atom is -0.367 e. The molecule has 0 unspecified atom stereocenters. The summed E-state index contributed by atoms with van der Waals surface area (Å²) in [6.07, 6.45) is -4.38. The van der Waals surface area contributed by atoms with Gasteiger partial charge in [-0.3, -0.25) is 4.79 Å². The third-order valence-corrected chi connectivity index (χ3v) is 3.48. The molecule has 0 aliphatic carbocycles. The first-order chi connectivity index (χ1) is 9.88. The first-order valence-electron chi connectivity index (χ1n) is 6.59. The molecule has 2 N–H and O–H groups in total. The summed E-state index contributed by atoms with van der Waals surface area (Å²) in [4.78, 5) is 13.0. The molecule has 1 aromatic carbocycles. The van der Waals surface area contributed by atoms with Gasteiger partial charge in [0.15, 0.2) is 0 Å². The van der Waals surface area contributed by atoms with E-state index in [1.54, 1.807) is 0 Å². The number of hydrogen-bond donors (Lipinski definition) is 1. The molecule has 0 spiro atoms. The Morgan fingerprint density at radius 2 is 1.91 bits per heavy atom. The number of ether oxygens (including phenoxy) is 1. The van der Waals surface area contributed by atoms with Gasteiger partial charge >= 0.3 is 6.18 Å². The molecule has 0 saturated carbocycles. The lowest BCUT2D eigenvalue weighted by atomic mass is 10.1. The quantitative estimate of drug-likeness (QED) is 0.913. The lowest BCUT2D eigenvalue weighted by Gasteiger charge is -2.18. The average molecular weight is 339 g/mol. The van der Waals surface area contributed by atoms with E-state index in [0.29, 0.717) is 0 Å². The second-order valence-electron chi connectivity index (χ2n) is 5.09. The molecule has 124 valence electrons. The Bertz CT molecular complexity index is 485. The zero-order chi connectivity index (χ0) is 15.5. The van der Waals surface area contributed by atoms with Gasteiger partial charge in [-0.1, -0.05) is 30.3 Å². The van der Waals surface area contributed by atoms with Gasteiger partial charge in [-0.2, -0.15) is 13.2 Å². The molecule has 2 atom stereocenters. The Balaban J connectivity index is 0.00000242.